The number of aliphatic hydroxyl groups excluding tert-OH is 1. The van der Waals surface area contributed by atoms with Crippen LogP contribution >= 0.6 is 0 Å². The van der Waals surface area contributed by atoms with E-state index in [1.165, 1.54) is 38.5 Å². The van der Waals surface area contributed by atoms with E-state index in [0.717, 1.165) is 12.1 Å². The maximum Gasteiger partial charge on any atom is 0.0595 e. The van der Waals surface area contributed by atoms with E-state index < -0.39 is 0 Å². The minimum absolute atomic E-state index is 0.0586. The quantitative estimate of drug-likeness (QED) is 0.795. The average molecular weight is 225 g/mol. The van der Waals surface area contributed by atoms with E-state index in [4.69, 9.17) is 0 Å². The third-order valence-corrected chi connectivity index (χ3v) is 4.94. The average Bonchev–Trinajstić information content (AvgIpc) is 2.53. The summed E-state index contributed by atoms with van der Waals surface area (Å²) in [6.45, 7) is 4.43. The Hall–Kier alpha value is -0.0800. The number of fused-ring (bicyclic) bond motifs is 2. The Bertz CT molecular complexity index is 217. The van der Waals surface area contributed by atoms with Crippen LogP contribution in [0, 0.1) is 11.8 Å². The normalized spacial score (nSPS) is 38.6. The van der Waals surface area contributed by atoms with E-state index in [9.17, 15) is 5.11 Å². The van der Waals surface area contributed by atoms with Gasteiger partial charge >= 0.3 is 0 Å². The largest absolute Gasteiger partial charge is 0.393 e. The fourth-order valence-corrected chi connectivity index (χ4v) is 3.82. The first-order chi connectivity index (χ1) is 7.63. The van der Waals surface area contributed by atoms with Gasteiger partial charge in [-0.3, -0.25) is 0 Å². The first kappa shape index (κ1) is 12.4. The standard InChI is InChI=1S/C14H27NO/c1-4-5-10(2)14(16)11-8-12-6-7-13(9-11)15(12)3/h10-14,16H,4-9H2,1-3H3. The van der Waals surface area contributed by atoms with E-state index in [1.807, 2.05) is 0 Å². The molecule has 4 atom stereocenters. The molecule has 2 heteroatoms. The lowest BCUT2D eigenvalue weighted by Gasteiger charge is -2.39. The van der Waals surface area contributed by atoms with Gasteiger partial charge in [-0.2, -0.15) is 0 Å². The molecular weight excluding hydrogens is 198 g/mol. The number of aliphatic hydroxyl groups is 1. The molecule has 2 bridgehead atoms. The minimum atomic E-state index is -0.0586. The van der Waals surface area contributed by atoms with Gasteiger partial charge in [-0.05, 0) is 51.0 Å². The topological polar surface area (TPSA) is 23.5 Å². The molecule has 2 heterocycles. The van der Waals surface area contributed by atoms with Crippen molar-refractivity contribution in [3.8, 4) is 0 Å². The Morgan fingerprint density at radius 3 is 2.31 bits per heavy atom. The van der Waals surface area contributed by atoms with E-state index in [-0.39, 0.29) is 6.10 Å². The third kappa shape index (κ3) is 2.28. The van der Waals surface area contributed by atoms with Crippen LogP contribution in [0.25, 0.3) is 0 Å². The van der Waals surface area contributed by atoms with Gasteiger partial charge in [0.2, 0.25) is 0 Å². The third-order valence-electron chi connectivity index (χ3n) is 4.94. The maximum atomic E-state index is 10.4. The van der Waals surface area contributed by atoms with Gasteiger partial charge in [0, 0.05) is 12.1 Å². The molecule has 0 spiro atoms. The van der Waals surface area contributed by atoms with Gasteiger partial charge in [0.15, 0.2) is 0 Å². The van der Waals surface area contributed by atoms with Crippen LogP contribution in [0.2, 0.25) is 0 Å². The van der Waals surface area contributed by atoms with Gasteiger partial charge in [0.25, 0.3) is 0 Å². The van der Waals surface area contributed by atoms with Crippen LogP contribution in [0.5, 0.6) is 0 Å². The first-order valence-corrected chi connectivity index (χ1v) is 7.03. The number of rotatable bonds is 4. The SMILES string of the molecule is CCCC(C)C(O)C1CC2CCC(C1)N2C. The Balaban J connectivity index is 1.92. The van der Waals surface area contributed by atoms with E-state index >= 15 is 0 Å². The van der Waals surface area contributed by atoms with Crippen molar-refractivity contribution in [1.82, 2.24) is 4.90 Å². The second-order valence-electron chi connectivity index (χ2n) is 6.04. The fourth-order valence-electron chi connectivity index (χ4n) is 3.82. The van der Waals surface area contributed by atoms with Crippen molar-refractivity contribution < 1.29 is 5.11 Å². The summed E-state index contributed by atoms with van der Waals surface area (Å²) >= 11 is 0. The Kier molecular flexibility index (Phi) is 3.91. The highest BCUT2D eigenvalue weighted by molar-refractivity contribution is 4.95. The fraction of sp³-hybridized carbons (Fsp3) is 1.00. The second-order valence-corrected chi connectivity index (χ2v) is 6.04. The summed E-state index contributed by atoms with van der Waals surface area (Å²) in [7, 11) is 2.26. The van der Waals surface area contributed by atoms with Crippen molar-refractivity contribution in [2.75, 3.05) is 7.05 Å². The number of nitrogens with zero attached hydrogens (tertiary/aromatic N) is 1. The van der Waals surface area contributed by atoms with E-state index in [2.05, 4.69) is 25.8 Å². The molecule has 0 radical (unpaired) electrons. The van der Waals surface area contributed by atoms with Crippen molar-refractivity contribution in [1.29, 1.82) is 0 Å². The molecule has 94 valence electrons. The van der Waals surface area contributed by atoms with Crippen molar-refractivity contribution in [3.05, 3.63) is 0 Å². The molecule has 2 aliphatic rings. The van der Waals surface area contributed by atoms with Crippen molar-refractivity contribution in [2.24, 2.45) is 11.8 Å². The van der Waals surface area contributed by atoms with Crippen LogP contribution in [0.15, 0.2) is 0 Å². The van der Waals surface area contributed by atoms with Gasteiger partial charge in [0.05, 0.1) is 6.10 Å². The van der Waals surface area contributed by atoms with Gasteiger partial charge in [-0.1, -0.05) is 20.3 Å². The lowest BCUT2D eigenvalue weighted by Crippen LogP contribution is -2.44. The number of piperidine rings is 1. The first-order valence-electron chi connectivity index (χ1n) is 7.03. The minimum Gasteiger partial charge on any atom is -0.393 e. The molecule has 2 aliphatic heterocycles. The summed E-state index contributed by atoms with van der Waals surface area (Å²) in [5.41, 5.74) is 0. The summed E-state index contributed by atoms with van der Waals surface area (Å²) in [6.07, 6.45) is 7.46. The van der Waals surface area contributed by atoms with Crippen LogP contribution in [0.3, 0.4) is 0 Å². The van der Waals surface area contributed by atoms with Gasteiger partial charge in [-0.15, -0.1) is 0 Å². The highest BCUT2D eigenvalue weighted by atomic mass is 16.3. The molecule has 0 aromatic carbocycles. The van der Waals surface area contributed by atoms with Crippen molar-refractivity contribution in [3.63, 3.8) is 0 Å². The van der Waals surface area contributed by atoms with Crippen molar-refractivity contribution in [2.45, 2.75) is 70.6 Å². The van der Waals surface area contributed by atoms with E-state index in [0.29, 0.717) is 11.8 Å². The molecule has 0 aliphatic carbocycles. The zero-order valence-electron chi connectivity index (χ0n) is 11.0. The predicted molar refractivity (Wildman–Crippen MR) is 67.4 cm³/mol. The number of hydrogen-bond acceptors (Lipinski definition) is 2. The molecule has 0 aromatic rings. The van der Waals surface area contributed by atoms with Crippen LogP contribution < -0.4 is 0 Å². The van der Waals surface area contributed by atoms with Crippen LogP contribution in [-0.2, 0) is 0 Å². The summed E-state index contributed by atoms with van der Waals surface area (Å²) in [6, 6.07) is 1.51. The van der Waals surface area contributed by atoms with Gasteiger partial charge in [0.1, 0.15) is 0 Å². The number of hydrogen-bond donors (Lipinski definition) is 1. The van der Waals surface area contributed by atoms with Crippen LogP contribution in [-0.4, -0.2) is 35.2 Å². The highest BCUT2D eigenvalue weighted by Crippen LogP contribution is 2.40. The lowest BCUT2D eigenvalue weighted by molar-refractivity contribution is 0.00373. The van der Waals surface area contributed by atoms with Crippen molar-refractivity contribution >= 4 is 0 Å². The molecule has 0 amide bonds. The summed E-state index contributed by atoms with van der Waals surface area (Å²) in [5.74, 6) is 1.05. The molecule has 2 rings (SSSR count). The molecule has 16 heavy (non-hydrogen) atoms. The Morgan fingerprint density at radius 2 is 1.81 bits per heavy atom. The van der Waals surface area contributed by atoms with Gasteiger partial charge < -0.3 is 10.0 Å². The predicted octanol–water partition coefficient (Wildman–Crippen LogP) is 2.66. The lowest BCUT2D eigenvalue weighted by atomic mass is 9.80. The Labute approximate surface area is 100 Å². The molecule has 2 nitrogen and oxygen atoms in total. The summed E-state index contributed by atoms with van der Waals surface area (Å²) < 4.78 is 0. The summed E-state index contributed by atoms with van der Waals surface area (Å²) in [5, 5.41) is 10.4. The molecule has 0 aromatic heterocycles. The molecular formula is C14H27NO. The second kappa shape index (κ2) is 5.05. The zero-order chi connectivity index (χ0) is 11.7. The molecule has 4 unspecified atom stereocenters. The smallest absolute Gasteiger partial charge is 0.0595 e. The van der Waals surface area contributed by atoms with Crippen LogP contribution in [0.1, 0.15) is 52.4 Å². The zero-order valence-corrected chi connectivity index (χ0v) is 11.0. The maximum absolute atomic E-state index is 10.4. The Morgan fingerprint density at radius 1 is 1.25 bits per heavy atom. The summed E-state index contributed by atoms with van der Waals surface area (Å²) in [4.78, 5) is 2.55. The van der Waals surface area contributed by atoms with Gasteiger partial charge in [-0.25, -0.2) is 0 Å². The van der Waals surface area contributed by atoms with E-state index in [1.54, 1.807) is 0 Å². The molecule has 0 saturated carbocycles. The molecule has 2 saturated heterocycles. The molecule has 1 N–H and O–H groups in total. The molecule has 2 fully saturated rings. The van der Waals surface area contributed by atoms with Crippen LogP contribution in [0.4, 0.5) is 0 Å². The highest BCUT2D eigenvalue weighted by Gasteiger charge is 2.41. The monoisotopic (exact) mass is 225 g/mol.